The van der Waals surface area contributed by atoms with E-state index >= 15 is 0 Å². The zero-order valence-corrected chi connectivity index (χ0v) is 15.0. The number of nitrogens with two attached hydrogens (primary N) is 2. The van der Waals surface area contributed by atoms with Gasteiger partial charge in [0.25, 0.3) is 0 Å². The highest BCUT2D eigenvalue weighted by atomic mass is 19.1. The standard InChI is InChI=1S/C22H23FN4/c23-18-11-12-20-19(13-18)21(24)27(15-17-9-5-2-6-10-17)22(25)26(20)14-16-7-3-1-4-8-16/h1-13,21-22H,14-15,24-25H2. The lowest BCUT2D eigenvalue weighted by Crippen LogP contribution is -2.59. The fourth-order valence-electron chi connectivity index (χ4n) is 3.63. The molecule has 0 fully saturated rings. The van der Waals surface area contributed by atoms with E-state index in [-0.39, 0.29) is 5.82 Å². The molecular formula is C22H23FN4. The second-order valence-corrected chi connectivity index (χ2v) is 6.83. The van der Waals surface area contributed by atoms with Gasteiger partial charge in [-0.3, -0.25) is 5.73 Å². The molecule has 2 unspecified atom stereocenters. The van der Waals surface area contributed by atoms with Gasteiger partial charge in [-0.25, -0.2) is 9.29 Å². The molecule has 0 aliphatic carbocycles. The Bertz CT molecular complexity index is 901. The van der Waals surface area contributed by atoms with Crippen LogP contribution in [-0.4, -0.2) is 11.2 Å². The minimum atomic E-state index is -0.474. The molecule has 1 aliphatic heterocycles. The molecule has 0 radical (unpaired) electrons. The number of rotatable bonds is 4. The number of anilines is 1. The molecule has 1 aliphatic rings. The topological polar surface area (TPSA) is 58.5 Å². The third-order valence-corrected chi connectivity index (χ3v) is 5.04. The first-order chi connectivity index (χ1) is 13.1. The number of hydrogen-bond acceptors (Lipinski definition) is 4. The number of hydrogen-bond donors (Lipinski definition) is 2. The Morgan fingerprint density at radius 2 is 1.37 bits per heavy atom. The summed E-state index contributed by atoms with van der Waals surface area (Å²) in [6.07, 6.45) is -0.892. The highest BCUT2D eigenvalue weighted by molar-refractivity contribution is 5.58. The van der Waals surface area contributed by atoms with Gasteiger partial charge in [0.05, 0.1) is 6.17 Å². The molecule has 0 saturated heterocycles. The van der Waals surface area contributed by atoms with Crippen LogP contribution in [-0.2, 0) is 13.1 Å². The summed E-state index contributed by atoms with van der Waals surface area (Å²) in [6.45, 7) is 1.21. The molecule has 0 saturated carbocycles. The van der Waals surface area contributed by atoms with Crippen molar-refractivity contribution in [2.45, 2.75) is 25.5 Å². The minimum absolute atomic E-state index is 0.293. The molecule has 0 spiro atoms. The molecule has 0 bridgehead atoms. The highest BCUT2D eigenvalue weighted by Crippen LogP contribution is 2.37. The van der Waals surface area contributed by atoms with Gasteiger partial charge in [-0.2, -0.15) is 0 Å². The Balaban J connectivity index is 1.72. The van der Waals surface area contributed by atoms with Crippen LogP contribution in [0.1, 0.15) is 22.9 Å². The second kappa shape index (κ2) is 7.48. The van der Waals surface area contributed by atoms with Crippen LogP contribution in [0.4, 0.5) is 10.1 Å². The first-order valence-electron chi connectivity index (χ1n) is 9.04. The van der Waals surface area contributed by atoms with E-state index in [2.05, 4.69) is 17.0 Å². The Hall–Kier alpha value is -2.73. The molecule has 1 heterocycles. The summed E-state index contributed by atoms with van der Waals surface area (Å²) in [7, 11) is 0. The van der Waals surface area contributed by atoms with Crippen LogP contribution < -0.4 is 16.4 Å². The molecule has 3 aromatic carbocycles. The minimum Gasteiger partial charge on any atom is -0.339 e. The molecule has 4 rings (SSSR count). The van der Waals surface area contributed by atoms with Crippen molar-refractivity contribution in [3.8, 4) is 0 Å². The zero-order chi connectivity index (χ0) is 18.8. The van der Waals surface area contributed by atoms with Crippen molar-refractivity contribution in [3.05, 3.63) is 101 Å². The van der Waals surface area contributed by atoms with E-state index in [1.165, 1.54) is 12.1 Å². The SMILES string of the molecule is NC1c2cc(F)ccc2N(Cc2ccccc2)C(N)N1Cc1ccccc1. The largest absolute Gasteiger partial charge is 0.339 e. The van der Waals surface area contributed by atoms with Crippen molar-refractivity contribution in [1.82, 2.24) is 4.90 Å². The van der Waals surface area contributed by atoms with E-state index in [9.17, 15) is 4.39 Å². The van der Waals surface area contributed by atoms with Gasteiger partial charge in [0.2, 0.25) is 0 Å². The lowest BCUT2D eigenvalue weighted by atomic mass is 10.0. The summed E-state index contributed by atoms with van der Waals surface area (Å²) in [5.41, 5.74) is 17.0. The van der Waals surface area contributed by atoms with Crippen LogP contribution in [0, 0.1) is 5.82 Å². The molecule has 0 amide bonds. The second-order valence-electron chi connectivity index (χ2n) is 6.83. The third kappa shape index (κ3) is 3.57. The maximum absolute atomic E-state index is 13.9. The average molecular weight is 362 g/mol. The van der Waals surface area contributed by atoms with Crippen molar-refractivity contribution >= 4 is 5.69 Å². The van der Waals surface area contributed by atoms with Gasteiger partial charge >= 0.3 is 0 Å². The van der Waals surface area contributed by atoms with Crippen molar-refractivity contribution in [1.29, 1.82) is 0 Å². The van der Waals surface area contributed by atoms with Gasteiger partial charge in [-0.1, -0.05) is 60.7 Å². The van der Waals surface area contributed by atoms with E-state index in [4.69, 9.17) is 11.5 Å². The van der Waals surface area contributed by atoms with Gasteiger partial charge < -0.3 is 10.6 Å². The predicted octanol–water partition coefficient (Wildman–Crippen LogP) is 3.55. The number of benzene rings is 3. The van der Waals surface area contributed by atoms with Crippen molar-refractivity contribution < 1.29 is 4.39 Å². The molecule has 0 aromatic heterocycles. The van der Waals surface area contributed by atoms with E-state index < -0.39 is 12.5 Å². The molecular weight excluding hydrogens is 339 g/mol. The molecule has 5 heteroatoms. The van der Waals surface area contributed by atoms with E-state index in [0.717, 1.165) is 22.4 Å². The van der Waals surface area contributed by atoms with E-state index in [1.807, 2.05) is 53.4 Å². The maximum Gasteiger partial charge on any atom is 0.136 e. The van der Waals surface area contributed by atoms with Gasteiger partial charge in [0.1, 0.15) is 12.1 Å². The first-order valence-corrected chi connectivity index (χ1v) is 9.04. The number of halogens is 1. The first kappa shape index (κ1) is 17.7. The summed E-state index contributed by atoms with van der Waals surface area (Å²) in [5, 5.41) is 0. The van der Waals surface area contributed by atoms with Gasteiger partial charge in [0.15, 0.2) is 0 Å². The maximum atomic E-state index is 13.9. The summed E-state index contributed by atoms with van der Waals surface area (Å²) in [4.78, 5) is 4.08. The van der Waals surface area contributed by atoms with Crippen LogP contribution in [0.3, 0.4) is 0 Å². The summed E-state index contributed by atoms with van der Waals surface area (Å²) in [6, 6.07) is 24.9. The normalized spacial score (nSPS) is 19.7. The third-order valence-electron chi connectivity index (χ3n) is 5.04. The van der Waals surface area contributed by atoms with Crippen LogP contribution in [0.5, 0.6) is 0 Å². The van der Waals surface area contributed by atoms with E-state index in [0.29, 0.717) is 13.1 Å². The average Bonchev–Trinajstić information content (AvgIpc) is 2.70. The molecule has 27 heavy (non-hydrogen) atoms. The Morgan fingerprint density at radius 1 is 0.778 bits per heavy atom. The Morgan fingerprint density at radius 3 is 2.00 bits per heavy atom. The molecule has 2 atom stereocenters. The van der Waals surface area contributed by atoms with Crippen LogP contribution in [0.15, 0.2) is 78.9 Å². The van der Waals surface area contributed by atoms with Crippen molar-refractivity contribution in [3.63, 3.8) is 0 Å². The Kier molecular flexibility index (Phi) is 4.90. The van der Waals surface area contributed by atoms with Crippen LogP contribution in [0.25, 0.3) is 0 Å². The lowest BCUT2D eigenvalue weighted by Gasteiger charge is -2.47. The van der Waals surface area contributed by atoms with Crippen molar-refractivity contribution in [2.75, 3.05) is 4.90 Å². The zero-order valence-electron chi connectivity index (χ0n) is 15.0. The summed E-state index contributed by atoms with van der Waals surface area (Å²) in [5.74, 6) is -0.293. The molecule has 138 valence electrons. The number of nitrogens with zero attached hydrogens (tertiary/aromatic N) is 2. The molecule has 3 aromatic rings. The van der Waals surface area contributed by atoms with Crippen LogP contribution in [0.2, 0.25) is 0 Å². The quantitative estimate of drug-likeness (QED) is 0.745. The monoisotopic (exact) mass is 362 g/mol. The van der Waals surface area contributed by atoms with Gasteiger partial charge in [0, 0.05) is 24.3 Å². The lowest BCUT2D eigenvalue weighted by molar-refractivity contribution is 0.112. The van der Waals surface area contributed by atoms with Gasteiger partial charge in [-0.15, -0.1) is 0 Å². The fraction of sp³-hybridized carbons (Fsp3) is 0.182. The smallest absolute Gasteiger partial charge is 0.136 e. The summed E-state index contributed by atoms with van der Waals surface area (Å²) >= 11 is 0. The molecule has 4 nitrogen and oxygen atoms in total. The predicted molar refractivity (Wildman–Crippen MR) is 106 cm³/mol. The summed E-state index contributed by atoms with van der Waals surface area (Å²) < 4.78 is 13.9. The van der Waals surface area contributed by atoms with Crippen LogP contribution >= 0.6 is 0 Å². The van der Waals surface area contributed by atoms with Crippen molar-refractivity contribution in [2.24, 2.45) is 11.5 Å². The van der Waals surface area contributed by atoms with E-state index in [1.54, 1.807) is 6.07 Å². The Labute approximate surface area is 158 Å². The fourth-order valence-corrected chi connectivity index (χ4v) is 3.63. The highest BCUT2D eigenvalue weighted by Gasteiger charge is 2.35. The van der Waals surface area contributed by atoms with Gasteiger partial charge in [-0.05, 0) is 29.3 Å². The number of fused-ring (bicyclic) bond motifs is 1. The molecule has 4 N–H and O–H groups in total.